The fourth-order valence-corrected chi connectivity index (χ4v) is 6.64. The fourth-order valence-electron chi connectivity index (χ4n) is 2.92. The van der Waals surface area contributed by atoms with E-state index in [2.05, 4.69) is 15.3 Å². The van der Waals surface area contributed by atoms with E-state index in [1.165, 1.54) is 22.7 Å². The molecule has 2 aromatic heterocycles. The molecule has 1 aliphatic heterocycles. The van der Waals surface area contributed by atoms with Crippen LogP contribution in [0.25, 0.3) is 0 Å². The molecule has 134 valence electrons. The highest BCUT2D eigenvalue weighted by atomic mass is 32.2. The Morgan fingerprint density at radius 2 is 2.00 bits per heavy atom. The molecule has 1 fully saturated rings. The predicted octanol–water partition coefficient (Wildman–Crippen LogP) is 2.32. The number of carbonyl (C=O) groups is 1. The minimum absolute atomic E-state index is 0.196. The summed E-state index contributed by atoms with van der Waals surface area (Å²) in [7, 11) is -3.17. The van der Waals surface area contributed by atoms with Gasteiger partial charge in [0.25, 0.3) is 5.91 Å². The summed E-state index contributed by atoms with van der Waals surface area (Å²) in [6, 6.07) is 0. The van der Waals surface area contributed by atoms with E-state index < -0.39 is 10.0 Å². The number of amides is 1. The van der Waals surface area contributed by atoms with Gasteiger partial charge in [0, 0.05) is 24.4 Å². The van der Waals surface area contributed by atoms with E-state index in [-0.39, 0.29) is 11.2 Å². The van der Waals surface area contributed by atoms with Gasteiger partial charge in [0.1, 0.15) is 4.88 Å². The fraction of sp³-hybridized carbons (Fsp3) is 0.533. The zero-order valence-electron chi connectivity index (χ0n) is 13.9. The quantitative estimate of drug-likeness (QED) is 0.853. The zero-order chi connectivity index (χ0) is 17.8. The molecule has 0 radical (unpaired) electrons. The molecule has 25 heavy (non-hydrogen) atoms. The van der Waals surface area contributed by atoms with Crippen molar-refractivity contribution in [3.63, 3.8) is 0 Å². The van der Waals surface area contributed by atoms with Gasteiger partial charge in [-0.25, -0.2) is 18.4 Å². The van der Waals surface area contributed by atoms with E-state index in [0.29, 0.717) is 35.2 Å². The van der Waals surface area contributed by atoms with Crippen LogP contribution in [0.3, 0.4) is 0 Å². The average molecular weight is 399 g/mol. The molecule has 0 saturated heterocycles. The number of hydrogen-bond acceptors (Lipinski definition) is 7. The van der Waals surface area contributed by atoms with Gasteiger partial charge < -0.3 is 0 Å². The summed E-state index contributed by atoms with van der Waals surface area (Å²) in [4.78, 5) is 22.7. The van der Waals surface area contributed by atoms with E-state index >= 15 is 0 Å². The number of aryl methyl sites for hydroxylation is 2. The number of nitrogens with one attached hydrogen (secondary N) is 1. The molecule has 1 N–H and O–H groups in total. The summed E-state index contributed by atoms with van der Waals surface area (Å²) in [6.07, 6.45) is 2.12. The Hall–Kier alpha value is -1.36. The van der Waals surface area contributed by atoms with Gasteiger partial charge in [-0.3, -0.25) is 10.1 Å². The second kappa shape index (κ2) is 6.11. The van der Waals surface area contributed by atoms with Gasteiger partial charge in [-0.15, -0.1) is 22.7 Å². The molecule has 0 unspecified atom stereocenters. The van der Waals surface area contributed by atoms with Crippen molar-refractivity contribution in [2.24, 2.45) is 0 Å². The van der Waals surface area contributed by atoms with Crippen LogP contribution in [0.15, 0.2) is 0 Å². The Balaban J connectivity index is 1.50. The SMILES string of the molecule is Cc1nc(C)c(C(=O)Nc2nc3c(s2)CN(S(=O)(=O)C2CC2)CC3)s1. The van der Waals surface area contributed by atoms with Crippen molar-refractivity contribution >= 4 is 43.7 Å². The average Bonchev–Trinajstić information content (AvgIpc) is 3.25. The first-order valence-corrected chi connectivity index (χ1v) is 11.2. The van der Waals surface area contributed by atoms with Crippen molar-refractivity contribution in [1.29, 1.82) is 0 Å². The Morgan fingerprint density at radius 1 is 1.24 bits per heavy atom. The first-order valence-electron chi connectivity index (χ1n) is 8.07. The second-order valence-corrected chi connectivity index (χ2v) is 10.8. The highest BCUT2D eigenvalue weighted by molar-refractivity contribution is 7.90. The minimum atomic E-state index is -3.17. The molecule has 2 aromatic rings. The lowest BCUT2D eigenvalue weighted by Gasteiger charge is -2.25. The summed E-state index contributed by atoms with van der Waals surface area (Å²) >= 11 is 2.71. The molecule has 1 saturated carbocycles. The van der Waals surface area contributed by atoms with Gasteiger partial charge >= 0.3 is 0 Å². The minimum Gasteiger partial charge on any atom is -0.297 e. The number of thiazole rings is 2. The molecule has 2 aliphatic rings. The van der Waals surface area contributed by atoms with Gasteiger partial charge in [0.05, 0.1) is 21.6 Å². The first-order chi connectivity index (χ1) is 11.8. The van der Waals surface area contributed by atoms with Crippen LogP contribution in [0.1, 0.15) is 43.8 Å². The third-order valence-corrected chi connectivity index (χ3v) is 8.75. The number of hydrogen-bond donors (Lipinski definition) is 1. The molecule has 0 bridgehead atoms. The summed E-state index contributed by atoms with van der Waals surface area (Å²) < 4.78 is 26.4. The summed E-state index contributed by atoms with van der Waals surface area (Å²) in [5, 5.41) is 4.00. The van der Waals surface area contributed by atoms with Gasteiger partial charge in [-0.2, -0.15) is 4.31 Å². The van der Waals surface area contributed by atoms with E-state index in [4.69, 9.17) is 0 Å². The highest BCUT2D eigenvalue weighted by Gasteiger charge is 2.41. The number of sulfonamides is 1. The predicted molar refractivity (Wildman–Crippen MR) is 97.7 cm³/mol. The molecule has 4 rings (SSSR count). The molecule has 3 heterocycles. The van der Waals surface area contributed by atoms with Crippen LogP contribution in [0.4, 0.5) is 5.13 Å². The van der Waals surface area contributed by atoms with Crippen LogP contribution in [0.5, 0.6) is 0 Å². The van der Waals surface area contributed by atoms with Crippen LogP contribution in [-0.4, -0.2) is 40.4 Å². The smallest absolute Gasteiger partial charge is 0.269 e. The van der Waals surface area contributed by atoms with Crippen LogP contribution in [0, 0.1) is 13.8 Å². The van der Waals surface area contributed by atoms with Crippen molar-refractivity contribution in [3.8, 4) is 0 Å². The number of anilines is 1. The van der Waals surface area contributed by atoms with E-state index in [1.807, 2.05) is 13.8 Å². The number of aromatic nitrogens is 2. The summed E-state index contributed by atoms with van der Waals surface area (Å²) in [5.74, 6) is -0.211. The lowest BCUT2D eigenvalue weighted by atomic mass is 10.2. The molecular formula is C15H18N4O3S3. The van der Waals surface area contributed by atoms with E-state index in [1.54, 1.807) is 4.31 Å². The molecular weight excluding hydrogens is 380 g/mol. The van der Waals surface area contributed by atoms with Gasteiger partial charge in [0.15, 0.2) is 5.13 Å². The number of fused-ring (bicyclic) bond motifs is 1. The van der Waals surface area contributed by atoms with Crippen LogP contribution in [0.2, 0.25) is 0 Å². The third kappa shape index (κ3) is 3.23. The van der Waals surface area contributed by atoms with Crippen LogP contribution >= 0.6 is 22.7 Å². The highest BCUT2D eigenvalue weighted by Crippen LogP contribution is 2.35. The molecule has 0 aromatic carbocycles. The maximum atomic E-state index is 12.4. The topological polar surface area (TPSA) is 92.3 Å². The lowest BCUT2D eigenvalue weighted by Crippen LogP contribution is -2.37. The second-order valence-electron chi connectivity index (χ2n) is 6.32. The van der Waals surface area contributed by atoms with Crippen molar-refractivity contribution in [2.75, 3.05) is 11.9 Å². The van der Waals surface area contributed by atoms with Crippen molar-refractivity contribution in [3.05, 3.63) is 26.1 Å². The maximum Gasteiger partial charge on any atom is 0.269 e. The summed E-state index contributed by atoms with van der Waals surface area (Å²) in [5.41, 5.74) is 1.60. The monoisotopic (exact) mass is 398 g/mol. The number of rotatable bonds is 4. The van der Waals surface area contributed by atoms with Crippen LogP contribution in [-0.2, 0) is 23.0 Å². The molecule has 0 atom stereocenters. The van der Waals surface area contributed by atoms with Crippen molar-refractivity contribution in [1.82, 2.24) is 14.3 Å². The molecule has 1 aliphatic carbocycles. The molecule has 10 heteroatoms. The number of carbonyl (C=O) groups excluding carboxylic acids is 1. The zero-order valence-corrected chi connectivity index (χ0v) is 16.4. The van der Waals surface area contributed by atoms with E-state index in [0.717, 1.165) is 28.4 Å². The Bertz CT molecular complexity index is 943. The van der Waals surface area contributed by atoms with Crippen molar-refractivity contribution in [2.45, 2.75) is 44.9 Å². The first kappa shape index (κ1) is 17.1. The maximum absolute atomic E-state index is 12.4. The standard InChI is InChI=1S/C15H18N4O3S3/c1-8-13(23-9(2)16-8)14(20)18-15-17-11-5-6-19(7-12(11)24-15)25(21,22)10-3-4-10/h10H,3-7H2,1-2H3,(H,17,18,20). The largest absolute Gasteiger partial charge is 0.297 e. The molecule has 0 spiro atoms. The molecule has 7 nitrogen and oxygen atoms in total. The van der Waals surface area contributed by atoms with E-state index in [9.17, 15) is 13.2 Å². The van der Waals surface area contributed by atoms with Gasteiger partial charge in [-0.1, -0.05) is 0 Å². The Labute approximate surface area is 154 Å². The van der Waals surface area contributed by atoms with Crippen molar-refractivity contribution < 1.29 is 13.2 Å². The Morgan fingerprint density at radius 3 is 2.64 bits per heavy atom. The van der Waals surface area contributed by atoms with Gasteiger partial charge in [-0.05, 0) is 26.7 Å². The molecule has 1 amide bonds. The number of nitrogens with zero attached hydrogens (tertiary/aromatic N) is 3. The Kier molecular flexibility index (Phi) is 4.18. The van der Waals surface area contributed by atoms with Crippen LogP contribution < -0.4 is 5.32 Å². The summed E-state index contributed by atoms with van der Waals surface area (Å²) in [6.45, 7) is 4.51. The lowest BCUT2D eigenvalue weighted by molar-refractivity contribution is 0.103. The normalized spacial score (nSPS) is 18.2. The third-order valence-electron chi connectivity index (χ3n) is 4.33. The van der Waals surface area contributed by atoms with Gasteiger partial charge in [0.2, 0.25) is 10.0 Å².